The maximum absolute atomic E-state index is 12.5. The van der Waals surface area contributed by atoms with E-state index in [-0.39, 0.29) is 6.09 Å². The van der Waals surface area contributed by atoms with E-state index in [1.807, 2.05) is 63.6 Å². The summed E-state index contributed by atoms with van der Waals surface area (Å²) in [5.41, 5.74) is 2.70. The largest absolute Gasteiger partial charge is 0.444 e. The van der Waals surface area contributed by atoms with Crippen molar-refractivity contribution in [3.63, 3.8) is 0 Å². The summed E-state index contributed by atoms with van der Waals surface area (Å²) < 4.78 is 7.45. The van der Waals surface area contributed by atoms with Crippen LogP contribution in [-0.2, 0) is 4.74 Å². The molecule has 4 heterocycles. The van der Waals surface area contributed by atoms with Gasteiger partial charge < -0.3 is 14.5 Å². The highest BCUT2D eigenvalue weighted by atomic mass is 16.6. The maximum atomic E-state index is 12.5. The van der Waals surface area contributed by atoms with Gasteiger partial charge in [-0.05, 0) is 38.5 Å². The number of fused-ring (bicyclic) bond motifs is 1. The quantitative estimate of drug-likeness (QED) is 0.361. The summed E-state index contributed by atoms with van der Waals surface area (Å²) in [5.74, 6) is 1.42. The summed E-state index contributed by atoms with van der Waals surface area (Å²) in [6.45, 7) is 11.9. The van der Waals surface area contributed by atoms with E-state index in [1.165, 1.54) is 0 Å². The van der Waals surface area contributed by atoms with Crippen molar-refractivity contribution in [1.29, 1.82) is 5.26 Å². The first-order valence-corrected chi connectivity index (χ1v) is 12.8. The smallest absolute Gasteiger partial charge is 0.410 e. The SMILES string of the molecule is CC.CC(C)(C)OC(=O)N1CCN(c2ncnc3c2c(-c2ccccc2)cn3-c2cc(C#N)ccn2)CC1. The van der Waals surface area contributed by atoms with Crippen molar-refractivity contribution in [2.45, 2.75) is 40.2 Å². The lowest BCUT2D eigenvalue weighted by atomic mass is 10.1. The van der Waals surface area contributed by atoms with Crippen molar-refractivity contribution in [3.05, 3.63) is 66.7 Å². The average Bonchev–Trinajstić information content (AvgIpc) is 3.34. The molecule has 1 aromatic carbocycles. The minimum atomic E-state index is -0.530. The first-order valence-electron chi connectivity index (χ1n) is 12.8. The summed E-state index contributed by atoms with van der Waals surface area (Å²) in [7, 11) is 0. The van der Waals surface area contributed by atoms with E-state index in [9.17, 15) is 10.1 Å². The summed E-state index contributed by atoms with van der Waals surface area (Å²) in [6, 6.07) is 15.7. The molecule has 1 fully saturated rings. The van der Waals surface area contributed by atoms with Gasteiger partial charge in [0.15, 0.2) is 5.65 Å². The van der Waals surface area contributed by atoms with E-state index in [4.69, 9.17) is 4.74 Å². The van der Waals surface area contributed by atoms with Crippen LogP contribution in [0.2, 0.25) is 0 Å². The van der Waals surface area contributed by atoms with E-state index < -0.39 is 5.60 Å². The van der Waals surface area contributed by atoms with E-state index in [2.05, 4.69) is 38.1 Å². The normalized spacial score (nSPS) is 13.5. The molecule has 0 unspecified atom stereocenters. The van der Waals surface area contributed by atoms with Gasteiger partial charge >= 0.3 is 6.09 Å². The summed E-state index contributed by atoms with van der Waals surface area (Å²) in [4.78, 5) is 30.3. The molecule has 5 rings (SSSR count). The number of ether oxygens (including phenoxy) is 1. The second-order valence-corrected chi connectivity index (χ2v) is 9.64. The van der Waals surface area contributed by atoms with Crippen LogP contribution in [-0.4, -0.2) is 62.3 Å². The first kappa shape index (κ1) is 26.6. The second-order valence-electron chi connectivity index (χ2n) is 9.64. The summed E-state index contributed by atoms with van der Waals surface area (Å²) >= 11 is 0. The minimum Gasteiger partial charge on any atom is -0.444 e. The molecule has 3 aromatic heterocycles. The molecule has 0 radical (unpaired) electrons. The monoisotopic (exact) mass is 511 g/mol. The van der Waals surface area contributed by atoms with Gasteiger partial charge in [0.05, 0.1) is 17.0 Å². The number of nitriles is 1. The zero-order valence-corrected chi connectivity index (χ0v) is 22.5. The third-order valence-corrected chi connectivity index (χ3v) is 6.00. The molecule has 0 atom stereocenters. The van der Waals surface area contributed by atoms with E-state index in [0.29, 0.717) is 43.2 Å². The van der Waals surface area contributed by atoms with Gasteiger partial charge in [-0.1, -0.05) is 44.2 Å². The van der Waals surface area contributed by atoms with Gasteiger partial charge in [-0.15, -0.1) is 0 Å². The van der Waals surface area contributed by atoms with Crippen LogP contribution in [0.1, 0.15) is 40.2 Å². The molecule has 1 amide bonds. The third-order valence-electron chi connectivity index (χ3n) is 6.00. The number of nitrogens with zero attached hydrogens (tertiary/aromatic N) is 7. The van der Waals surface area contributed by atoms with E-state index >= 15 is 0 Å². The van der Waals surface area contributed by atoms with Crippen molar-refractivity contribution < 1.29 is 9.53 Å². The fourth-order valence-corrected chi connectivity index (χ4v) is 4.34. The zero-order valence-electron chi connectivity index (χ0n) is 22.5. The molecule has 1 aliphatic rings. The van der Waals surface area contributed by atoms with Gasteiger partial charge in [0.2, 0.25) is 0 Å². The zero-order chi connectivity index (χ0) is 27.3. The molecule has 0 saturated carbocycles. The van der Waals surface area contributed by atoms with Crippen molar-refractivity contribution in [1.82, 2.24) is 24.4 Å². The standard InChI is InChI=1S/C27H27N7O2.C2H6/c1-27(2,3)36-26(35)33-13-11-32(12-14-33)24-23-21(20-7-5-4-6-8-20)17-34(25(23)31-18-30-24)22-15-19(16-28)9-10-29-22;1-2/h4-10,15,17-18H,11-14H2,1-3H3;1-2H3. The lowest BCUT2D eigenvalue weighted by Crippen LogP contribution is -2.50. The highest BCUT2D eigenvalue weighted by Gasteiger charge is 2.28. The van der Waals surface area contributed by atoms with Crippen molar-refractivity contribution in [2.24, 2.45) is 0 Å². The summed E-state index contributed by atoms with van der Waals surface area (Å²) in [5, 5.41) is 10.3. The third kappa shape index (κ3) is 5.59. The number of carbonyl (C=O) groups excluding carboxylic acids is 1. The molecule has 0 aliphatic carbocycles. The van der Waals surface area contributed by atoms with Crippen LogP contribution < -0.4 is 4.90 Å². The van der Waals surface area contributed by atoms with Gasteiger partial charge in [-0.2, -0.15) is 5.26 Å². The molecule has 0 N–H and O–H groups in total. The first-order chi connectivity index (χ1) is 18.3. The number of rotatable bonds is 3. The number of benzene rings is 1. The molecule has 0 bridgehead atoms. The topological polar surface area (TPSA) is 100 Å². The Morgan fingerprint density at radius 2 is 1.71 bits per heavy atom. The van der Waals surface area contributed by atoms with Gasteiger partial charge in [-0.3, -0.25) is 4.57 Å². The Labute approximate surface area is 223 Å². The molecule has 1 aliphatic heterocycles. The van der Waals surface area contributed by atoms with E-state index in [1.54, 1.807) is 29.6 Å². The molecule has 9 heteroatoms. The lowest BCUT2D eigenvalue weighted by molar-refractivity contribution is 0.0240. The van der Waals surface area contributed by atoms with Crippen LogP contribution in [0, 0.1) is 11.3 Å². The number of carbonyl (C=O) groups is 1. The van der Waals surface area contributed by atoms with Crippen molar-refractivity contribution in [3.8, 4) is 23.0 Å². The Balaban J connectivity index is 0.00000164. The summed E-state index contributed by atoms with van der Waals surface area (Å²) in [6.07, 6.45) is 4.88. The molecule has 9 nitrogen and oxygen atoms in total. The number of amides is 1. The Hall–Kier alpha value is -4.45. The van der Waals surface area contributed by atoms with Crippen LogP contribution >= 0.6 is 0 Å². The Morgan fingerprint density at radius 1 is 1.00 bits per heavy atom. The number of pyridine rings is 1. The molecular formula is C29H33N7O2. The predicted octanol–water partition coefficient (Wildman–Crippen LogP) is 5.44. The fourth-order valence-electron chi connectivity index (χ4n) is 4.34. The molecule has 38 heavy (non-hydrogen) atoms. The number of piperazine rings is 1. The molecule has 1 saturated heterocycles. The molecule has 196 valence electrons. The molecular weight excluding hydrogens is 478 g/mol. The van der Waals surface area contributed by atoms with Crippen LogP contribution in [0.4, 0.5) is 10.6 Å². The average molecular weight is 512 g/mol. The lowest BCUT2D eigenvalue weighted by Gasteiger charge is -2.36. The van der Waals surface area contributed by atoms with Crippen LogP contribution in [0.3, 0.4) is 0 Å². The number of aromatic nitrogens is 4. The maximum Gasteiger partial charge on any atom is 0.410 e. The van der Waals surface area contributed by atoms with Gasteiger partial charge in [0, 0.05) is 44.1 Å². The second kappa shape index (κ2) is 11.3. The molecule has 4 aromatic rings. The number of hydrogen-bond acceptors (Lipinski definition) is 7. The Morgan fingerprint density at radius 3 is 2.37 bits per heavy atom. The van der Waals surface area contributed by atoms with E-state index in [0.717, 1.165) is 22.3 Å². The Bertz CT molecular complexity index is 1440. The van der Waals surface area contributed by atoms with Crippen LogP contribution in [0.25, 0.3) is 28.0 Å². The van der Waals surface area contributed by atoms with Crippen LogP contribution in [0.5, 0.6) is 0 Å². The number of hydrogen-bond donors (Lipinski definition) is 0. The fraction of sp³-hybridized carbons (Fsp3) is 0.345. The van der Waals surface area contributed by atoms with Crippen molar-refractivity contribution >= 4 is 22.9 Å². The van der Waals surface area contributed by atoms with Crippen LogP contribution in [0.15, 0.2) is 61.2 Å². The van der Waals surface area contributed by atoms with Gasteiger partial charge in [-0.25, -0.2) is 19.7 Å². The highest BCUT2D eigenvalue weighted by molar-refractivity contribution is 6.02. The Kier molecular flexibility index (Phi) is 7.91. The predicted molar refractivity (Wildman–Crippen MR) is 148 cm³/mol. The van der Waals surface area contributed by atoms with Gasteiger partial charge in [0.25, 0.3) is 0 Å². The van der Waals surface area contributed by atoms with Crippen molar-refractivity contribution in [2.75, 3.05) is 31.1 Å². The number of anilines is 1. The minimum absolute atomic E-state index is 0.297. The highest BCUT2D eigenvalue weighted by Crippen LogP contribution is 2.36. The molecule has 0 spiro atoms. The van der Waals surface area contributed by atoms with Gasteiger partial charge in [0.1, 0.15) is 23.6 Å².